The summed E-state index contributed by atoms with van der Waals surface area (Å²) in [4.78, 5) is 26.7. The largest absolute Gasteiger partial charge is 0.370 e. The average Bonchev–Trinajstić information content (AvgIpc) is 3.34. The molecule has 1 aliphatic heterocycles. The molecule has 5 heterocycles. The van der Waals surface area contributed by atoms with Crippen molar-refractivity contribution in [2.75, 3.05) is 38.6 Å². The predicted molar refractivity (Wildman–Crippen MR) is 122 cm³/mol. The van der Waals surface area contributed by atoms with Crippen LogP contribution in [0.4, 0.5) is 5.69 Å². The zero-order chi connectivity index (χ0) is 21.7. The minimum Gasteiger partial charge on any atom is -0.370 e. The molecule has 1 fully saturated rings. The van der Waals surface area contributed by atoms with Crippen molar-refractivity contribution in [3.8, 4) is 11.4 Å². The molecule has 8 nitrogen and oxygen atoms in total. The van der Waals surface area contributed by atoms with E-state index >= 15 is 0 Å². The summed E-state index contributed by atoms with van der Waals surface area (Å²) in [7, 11) is 4.23. The monoisotopic (exact) mass is 417 g/mol. The van der Waals surface area contributed by atoms with Gasteiger partial charge in [0.1, 0.15) is 11.3 Å². The van der Waals surface area contributed by atoms with E-state index in [2.05, 4.69) is 40.0 Å². The van der Waals surface area contributed by atoms with E-state index in [9.17, 15) is 4.79 Å². The number of fused-ring (bicyclic) bond motifs is 2. The molecular weight excluding hydrogens is 390 g/mol. The summed E-state index contributed by atoms with van der Waals surface area (Å²) in [5, 5.41) is 4.62. The van der Waals surface area contributed by atoms with Gasteiger partial charge in [-0.2, -0.15) is 5.10 Å². The van der Waals surface area contributed by atoms with Gasteiger partial charge in [-0.15, -0.1) is 0 Å². The number of pyridine rings is 1. The van der Waals surface area contributed by atoms with Crippen molar-refractivity contribution in [1.29, 1.82) is 0 Å². The molecule has 0 radical (unpaired) electrons. The SMILES string of the molecule is Cc1cn2nc(-c3cc(=O)n4cc(N5CC[C@@H](CN(C)C)C5)ccc4n3)cc2c(C)n1. The Morgan fingerprint density at radius 2 is 1.94 bits per heavy atom. The molecule has 5 rings (SSSR count). The molecule has 0 aromatic carbocycles. The fourth-order valence-electron chi connectivity index (χ4n) is 4.56. The fourth-order valence-corrected chi connectivity index (χ4v) is 4.56. The Bertz CT molecular complexity index is 1340. The van der Waals surface area contributed by atoms with E-state index in [1.165, 1.54) is 6.42 Å². The van der Waals surface area contributed by atoms with Gasteiger partial charge in [0.2, 0.25) is 0 Å². The van der Waals surface area contributed by atoms with E-state index < -0.39 is 0 Å². The molecule has 0 spiro atoms. The summed E-state index contributed by atoms with van der Waals surface area (Å²) < 4.78 is 3.43. The molecule has 4 aromatic heterocycles. The van der Waals surface area contributed by atoms with Crippen LogP contribution < -0.4 is 10.5 Å². The number of rotatable bonds is 4. The normalized spacial score (nSPS) is 16.8. The summed E-state index contributed by atoms with van der Waals surface area (Å²) in [6.07, 6.45) is 4.96. The molecule has 1 saturated heterocycles. The molecule has 4 aromatic rings. The second-order valence-electron chi connectivity index (χ2n) is 8.79. The van der Waals surface area contributed by atoms with E-state index in [0.29, 0.717) is 23.0 Å². The molecule has 8 heteroatoms. The molecule has 0 N–H and O–H groups in total. The van der Waals surface area contributed by atoms with Crippen molar-refractivity contribution in [1.82, 2.24) is 28.9 Å². The highest BCUT2D eigenvalue weighted by Crippen LogP contribution is 2.25. The lowest BCUT2D eigenvalue weighted by Gasteiger charge is -2.20. The maximum Gasteiger partial charge on any atom is 0.258 e. The van der Waals surface area contributed by atoms with Crippen molar-refractivity contribution in [2.24, 2.45) is 5.92 Å². The van der Waals surface area contributed by atoms with Crippen LogP contribution in [0.15, 0.2) is 41.5 Å². The van der Waals surface area contributed by atoms with E-state index in [0.717, 1.165) is 42.2 Å². The van der Waals surface area contributed by atoms with Crippen molar-refractivity contribution in [3.63, 3.8) is 0 Å². The Hall–Kier alpha value is -3.26. The Morgan fingerprint density at radius 3 is 2.74 bits per heavy atom. The molecule has 0 saturated carbocycles. The van der Waals surface area contributed by atoms with Crippen LogP contribution in [0.3, 0.4) is 0 Å². The van der Waals surface area contributed by atoms with Gasteiger partial charge in [-0.1, -0.05) is 0 Å². The lowest BCUT2D eigenvalue weighted by molar-refractivity contribution is 0.340. The van der Waals surface area contributed by atoms with Crippen LogP contribution in [-0.2, 0) is 0 Å². The van der Waals surface area contributed by atoms with Crippen LogP contribution in [0, 0.1) is 19.8 Å². The highest BCUT2D eigenvalue weighted by Gasteiger charge is 2.23. The van der Waals surface area contributed by atoms with Gasteiger partial charge in [0.05, 0.1) is 34.5 Å². The number of nitrogens with zero attached hydrogens (tertiary/aromatic N) is 7. The van der Waals surface area contributed by atoms with Crippen LogP contribution in [0.25, 0.3) is 22.6 Å². The number of aryl methyl sites for hydroxylation is 2. The zero-order valence-corrected chi connectivity index (χ0v) is 18.4. The predicted octanol–water partition coefficient (Wildman–Crippen LogP) is 2.41. The van der Waals surface area contributed by atoms with E-state index in [1.807, 2.05) is 38.4 Å². The second kappa shape index (κ2) is 7.46. The Labute approximate surface area is 180 Å². The number of anilines is 1. The number of aromatic nitrogens is 5. The molecular formula is C23H27N7O. The molecule has 0 amide bonds. The minimum atomic E-state index is -0.103. The smallest absolute Gasteiger partial charge is 0.258 e. The lowest BCUT2D eigenvalue weighted by Crippen LogP contribution is -2.26. The van der Waals surface area contributed by atoms with Crippen LogP contribution >= 0.6 is 0 Å². The van der Waals surface area contributed by atoms with Crippen molar-refractivity contribution < 1.29 is 0 Å². The molecule has 1 atom stereocenters. The van der Waals surface area contributed by atoms with Crippen molar-refractivity contribution >= 4 is 16.9 Å². The maximum atomic E-state index is 12.9. The third-order valence-corrected chi connectivity index (χ3v) is 5.94. The first-order valence-corrected chi connectivity index (χ1v) is 10.6. The second-order valence-corrected chi connectivity index (χ2v) is 8.79. The number of hydrogen-bond acceptors (Lipinski definition) is 6. The van der Waals surface area contributed by atoms with E-state index in [1.54, 1.807) is 15.0 Å². The topological polar surface area (TPSA) is 71.0 Å². The molecule has 0 unspecified atom stereocenters. The number of hydrogen-bond donors (Lipinski definition) is 0. The van der Waals surface area contributed by atoms with Gasteiger partial charge < -0.3 is 9.80 Å². The average molecular weight is 418 g/mol. The van der Waals surface area contributed by atoms with Gasteiger partial charge in [0, 0.05) is 31.9 Å². The van der Waals surface area contributed by atoms with Gasteiger partial charge in [-0.3, -0.25) is 14.2 Å². The molecule has 1 aliphatic rings. The third kappa shape index (κ3) is 3.67. The van der Waals surface area contributed by atoms with Gasteiger partial charge in [0.15, 0.2) is 0 Å². The fraction of sp³-hybridized carbons (Fsp3) is 0.391. The molecule has 160 valence electrons. The summed E-state index contributed by atoms with van der Waals surface area (Å²) in [5.41, 5.74) is 5.55. The third-order valence-electron chi connectivity index (χ3n) is 5.94. The van der Waals surface area contributed by atoms with Crippen LogP contribution in [0.1, 0.15) is 17.8 Å². The minimum absolute atomic E-state index is 0.103. The standard InChI is InChI=1S/C23H27N7O/c1-15-11-30-21(16(2)24-15)9-20(26-30)19-10-23(31)29-14-18(5-6-22(29)25-19)28-8-7-17(13-28)12-27(3)4/h5-6,9-11,14,17H,7-8,12-13H2,1-4H3/t17-/m0/s1. The Balaban J connectivity index is 1.49. The van der Waals surface area contributed by atoms with E-state index in [4.69, 9.17) is 4.98 Å². The van der Waals surface area contributed by atoms with Crippen molar-refractivity contribution in [3.05, 3.63) is 58.4 Å². The van der Waals surface area contributed by atoms with Gasteiger partial charge in [0.25, 0.3) is 5.56 Å². The van der Waals surface area contributed by atoms with Gasteiger partial charge >= 0.3 is 0 Å². The van der Waals surface area contributed by atoms with Crippen LogP contribution in [0.5, 0.6) is 0 Å². The first-order valence-electron chi connectivity index (χ1n) is 10.6. The summed E-state index contributed by atoms with van der Waals surface area (Å²) in [6.45, 7) is 7.01. The summed E-state index contributed by atoms with van der Waals surface area (Å²) in [6, 6.07) is 7.48. The maximum absolute atomic E-state index is 12.9. The van der Waals surface area contributed by atoms with Crippen molar-refractivity contribution in [2.45, 2.75) is 20.3 Å². The summed E-state index contributed by atoms with van der Waals surface area (Å²) in [5.74, 6) is 0.652. The van der Waals surface area contributed by atoms with Crippen LogP contribution in [-0.4, -0.2) is 62.6 Å². The van der Waals surface area contributed by atoms with E-state index in [-0.39, 0.29) is 5.56 Å². The lowest BCUT2D eigenvalue weighted by atomic mass is 10.1. The summed E-state index contributed by atoms with van der Waals surface area (Å²) >= 11 is 0. The highest BCUT2D eigenvalue weighted by atomic mass is 16.1. The quantitative estimate of drug-likeness (QED) is 0.508. The van der Waals surface area contributed by atoms with Gasteiger partial charge in [-0.05, 0) is 58.5 Å². The molecule has 31 heavy (non-hydrogen) atoms. The first kappa shape index (κ1) is 19.7. The first-order chi connectivity index (χ1) is 14.9. The Kier molecular flexibility index (Phi) is 4.74. The Morgan fingerprint density at radius 1 is 1.10 bits per heavy atom. The van der Waals surface area contributed by atoms with Gasteiger partial charge in [-0.25, -0.2) is 9.50 Å². The molecule has 0 bridgehead atoms. The van der Waals surface area contributed by atoms with Crippen LogP contribution in [0.2, 0.25) is 0 Å². The highest BCUT2D eigenvalue weighted by molar-refractivity contribution is 5.66. The zero-order valence-electron chi connectivity index (χ0n) is 18.4. The molecule has 0 aliphatic carbocycles.